The van der Waals surface area contributed by atoms with Gasteiger partial charge in [0.2, 0.25) is 0 Å². The van der Waals surface area contributed by atoms with E-state index in [2.05, 4.69) is 0 Å². The van der Waals surface area contributed by atoms with Crippen molar-refractivity contribution in [1.82, 2.24) is 4.90 Å². The molecule has 0 saturated carbocycles. The minimum absolute atomic E-state index is 0.0247. The van der Waals surface area contributed by atoms with Gasteiger partial charge in [0.1, 0.15) is 5.69 Å². The molecule has 1 unspecified atom stereocenters. The second kappa shape index (κ2) is 8.85. The Morgan fingerprint density at radius 3 is 2.41 bits per heavy atom. The molecule has 0 aliphatic carbocycles. The van der Waals surface area contributed by atoms with Crippen LogP contribution in [0.1, 0.15) is 19.4 Å². The Kier molecular flexibility index (Phi) is 7.01. The molecule has 0 bridgehead atoms. The Hall–Kier alpha value is -1.91. The number of aliphatic hydroxyl groups is 1. The van der Waals surface area contributed by atoms with E-state index in [0.717, 1.165) is 12.1 Å². The molecule has 1 N–H and O–H groups in total. The number of halogens is 3. The molecule has 152 valence electrons. The molecule has 0 spiro atoms. The summed E-state index contributed by atoms with van der Waals surface area (Å²) in [5.41, 5.74) is -1.41. The van der Waals surface area contributed by atoms with Crippen LogP contribution < -0.4 is 4.90 Å². The molecule has 10 heteroatoms. The smallest absolute Gasteiger partial charge is 0.389 e. The third-order valence-corrected chi connectivity index (χ3v) is 4.30. The quantitative estimate of drug-likeness (QED) is 0.568. The second-order valence-corrected chi connectivity index (χ2v) is 6.78. The predicted molar refractivity (Wildman–Crippen MR) is 93.8 cm³/mol. The van der Waals surface area contributed by atoms with E-state index in [1.165, 1.54) is 0 Å². The standard InChI is InChI=1S/C17H24F3N3O4/c1-12(2)27-11-14(24)10-21-5-7-22(8-6-21)15-4-3-13(17(18,19)20)9-16(15)23(25)26/h3-4,9,12,14,24H,5-8,10-11H2,1-2H3. The van der Waals surface area contributed by atoms with Gasteiger partial charge in [-0.1, -0.05) is 0 Å². The minimum Gasteiger partial charge on any atom is -0.389 e. The van der Waals surface area contributed by atoms with Crippen LogP contribution in [0.4, 0.5) is 24.5 Å². The lowest BCUT2D eigenvalue weighted by Gasteiger charge is -2.36. The van der Waals surface area contributed by atoms with Gasteiger partial charge in [0.25, 0.3) is 5.69 Å². The predicted octanol–water partition coefficient (Wildman–Crippen LogP) is 2.52. The summed E-state index contributed by atoms with van der Waals surface area (Å²) in [6, 6.07) is 2.60. The van der Waals surface area contributed by atoms with Crippen molar-refractivity contribution in [3.8, 4) is 0 Å². The number of nitro groups is 1. The van der Waals surface area contributed by atoms with E-state index in [-0.39, 0.29) is 18.4 Å². The van der Waals surface area contributed by atoms with Gasteiger partial charge in [-0.25, -0.2) is 0 Å². The fraction of sp³-hybridized carbons (Fsp3) is 0.647. The number of anilines is 1. The molecule has 0 radical (unpaired) electrons. The van der Waals surface area contributed by atoms with Crippen LogP contribution in [-0.2, 0) is 10.9 Å². The number of nitrogens with zero attached hydrogens (tertiary/aromatic N) is 3. The Balaban J connectivity index is 2.00. The van der Waals surface area contributed by atoms with Crippen molar-refractivity contribution in [2.24, 2.45) is 0 Å². The molecule has 1 aliphatic rings. The van der Waals surface area contributed by atoms with E-state index in [0.29, 0.717) is 38.8 Å². The van der Waals surface area contributed by atoms with Crippen LogP contribution in [-0.4, -0.2) is 66.5 Å². The number of β-amino-alcohol motifs (C(OH)–C–C–N with tert-alkyl or cyclic N) is 1. The molecule has 2 rings (SSSR count). The van der Waals surface area contributed by atoms with E-state index in [1.807, 2.05) is 18.7 Å². The summed E-state index contributed by atoms with van der Waals surface area (Å²) in [7, 11) is 0. The third kappa shape index (κ3) is 6.05. The lowest BCUT2D eigenvalue weighted by Crippen LogP contribution is -2.49. The lowest BCUT2D eigenvalue weighted by atomic mass is 10.1. The van der Waals surface area contributed by atoms with Crippen LogP contribution in [0.3, 0.4) is 0 Å². The van der Waals surface area contributed by atoms with Crippen LogP contribution in [0.25, 0.3) is 0 Å². The number of piperazine rings is 1. The van der Waals surface area contributed by atoms with Gasteiger partial charge in [0, 0.05) is 38.8 Å². The van der Waals surface area contributed by atoms with Crippen molar-refractivity contribution in [2.45, 2.75) is 32.2 Å². The molecule has 1 heterocycles. The molecule has 27 heavy (non-hydrogen) atoms. The zero-order valence-electron chi connectivity index (χ0n) is 15.3. The highest BCUT2D eigenvalue weighted by Gasteiger charge is 2.34. The Morgan fingerprint density at radius 2 is 1.89 bits per heavy atom. The summed E-state index contributed by atoms with van der Waals surface area (Å²) < 4.78 is 43.8. The van der Waals surface area contributed by atoms with Crippen LogP contribution in [0.2, 0.25) is 0 Å². The highest BCUT2D eigenvalue weighted by Crippen LogP contribution is 2.36. The van der Waals surface area contributed by atoms with E-state index >= 15 is 0 Å². The van der Waals surface area contributed by atoms with Gasteiger partial charge in [-0.15, -0.1) is 0 Å². The maximum atomic E-state index is 12.8. The molecular formula is C17H24F3N3O4. The average Bonchev–Trinajstić information content (AvgIpc) is 2.59. The number of hydrogen-bond donors (Lipinski definition) is 1. The molecule has 1 atom stereocenters. The molecule has 1 aliphatic heterocycles. The zero-order chi connectivity index (χ0) is 20.2. The average molecular weight is 391 g/mol. The topological polar surface area (TPSA) is 79.1 Å². The first-order valence-electron chi connectivity index (χ1n) is 8.70. The number of rotatable bonds is 7. The fourth-order valence-electron chi connectivity index (χ4n) is 2.94. The van der Waals surface area contributed by atoms with Crippen molar-refractivity contribution >= 4 is 11.4 Å². The van der Waals surface area contributed by atoms with Gasteiger partial charge in [-0.2, -0.15) is 13.2 Å². The summed E-state index contributed by atoms with van der Waals surface area (Å²) in [4.78, 5) is 14.1. The Bertz CT molecular complexity index is 647. The van der Waals surface area contributed by atoms with Crippen molar-refractivity contribution in [3.63, 3.8) is 0 Å². The summed E-state index contributed by atoms with van der Waals surface area (Å²) in [6.07, 6.45) is -5.24. The van der Waals surface area contributed by atoms with Crippen molar-refractivity contribution < 1.29 is 27.9 Å². The van der Waals surface area contributed by atoms with Gasteiger partial charge in [0.05, 0.1) is 29.3 Å². The molecule has 1 fully saturated rings. The SMILES string of the molecule is CC(C)OCC(O)CN1CCN(c2ccc(C(F)(F)F)cc2[N+](=O)[O-])CC1. The van der Waals surface area contributed by atoms with Gasteiger partial charge in [-0.05, 0) is 26.0 Å². The Labute approximate surface area is 155 Å². The number of benzene rings is 1. The lowest BCUT2D eigenvalue weighted by molar-refractivity contribution is -0.384. The van der Waals surface area contributed by atoms with E-state index in [4.69, 9.17) is 4.74 Å². The highest BCUT2D eigenvalue weighted by molar-refractivity contribution is 5.65. The molecular weight excluding hydrogens is 367 g/mol. The summed E-state index contributed by atoms with van der Waals surface area (Å²) >= 11 is 0. The highest BCUT2D eigenvalue weighted by atomic mass is 19.4. The van der Waals surface area contributed by atoms with Crippen molar-refractivity contribution in [1.29, 1.82) is 0 Å². The molecule has 1 aromatic rings. The molecule has 0 amide bonds. The first-order chi connectivity index (χ1) is 12.6. The molecule has 1 aromatic carbocycles. The van der Waals surface area contributed by atoms with Gasteiger partial charge >= 0.3 is 6.18 Å². The van der Waals surface area contributed by atoms with E-state index in [1.54, 1.807) is 4.90 Å². The maximum absolute atomic E-state index is 12.8. The van der Waals surface area contributed by atoms with E-state index < -0.39 is 28.5 Å². The van der Waals surface area contributed by atoms with E-state index in [9.17, 15) is 28.4 Å². The summed E-state index contributed by atoms with van der Waals surface area (Å²) in [5, 5.41) is 21.2. The zero-order valence-corrected chi connectivity index (χ0v) is 15.3. The van der Waals surface area contributed by atoms with Gasteiger partial charge in [0.15, 0.2) is 0 Å². The number of ether oxygens (including phenoxy) is 1. The fourth-order valence-corrected chi connectivity index (χ4v) is 2.94. The van der Waals surface area contributed by atoms with Crippen LogP contribution >= 0.6 is 0 Å². The normalized spacial score (nSPS) is 17.4. The monoisotopic (exact) mass is 391 g/mol. The second-order valence-electron chi connectivity index (χ2n) is 6.78. The number of nitro benzene ring substituents is 1. The molecule has 1 saturated heterocycles. The minimum atomic E-state index is -4.63. The van der Waals surface area contributed by atoms with Crippen LogP contribution in [0.5, 0.6) is 0 Å². The van der Waals surface area contributed by atoms with Gasteiger partial charge in [-0.3, -0.25) is 15.0 Å². The number of hydrogen-bond acceptors (Lipinski definition) is 6. The Morgan fingerprint density at radius 1 is 1.26 bits per heavy atom. The summed E-state index contributed by atoms with van der Waals surface area (Å²) in [6.45, 7) is 6.31. The summed E-state index contributed by atoms with van der Waals surface area (Å²) in [5.74, 6) is 0. The maximum Gasteiger partial charge on any atom is 0.416 e. The first-order valence-corrected chi connectivity index (χ1v) is 8.70. The van der Waals surface area contributed by atoms with Gasteiger partial charge < -0.3 is 14.7 Å². The van der Waals surface area contributed by atoms with Crippen molar-refractivity contribution in [2.75, 3.05) is 44.2 Å². The number of alkyl halides is 3. The van der Waals surface area contributed by atoms with Crippen molar-refractivity contribution in [3.05, 3.63) is 33.9 Å². The largest absolute Gasteiger partial charge is 0.416 e. The number of aliphatic hydroxyl groups excluding tert-OH is 1. The van der Waals surface area contributed by atoms with Crippen LogP contribution in [0.15, 0.2) is 18.2 Å². The molecule has 0 aromatic heterocycles. The van der Waals surface area contributed by atoms with Crippen LogP contribution in [0, 0.1) is 10.1 Å². The third-order valence-electron chi connectivity index (χ3n) is 4.30. The first kappa shape index (κ1) is 21.4. The molecule has 7 nitrogen and oxygen atoms in total.